The van der Waals surface area contributed by atoms with E-state index in [0.717, 1.165) is 19.3 Å². The standard InChI is InChI=1S/C12H19N3O4S/c1-8-13-7-11(14-8)20(18,19)15-10-6-4-2-3-5-9(10)12(16)17/h7,9-10,15H,2-6H2,1H3,(H,13,14)(H,16,17). The van der Waals surface area contributed by atoms with E-state index in [2.05, 4.69) is 14.7 Å². The van der Waals surface area contributed by atoms with Crippen molar-refractivity contribution in [2.24, 2.45) is 5.92 Å². The molecule has 112 valence electrons. The predicted octanol–water partition coefficient (Wildman–Crippen LogP) is 1.03. The van der Waals surface area contributed by atoms with Gasteiger partial charge in [-0.05, 0) is 19.8 Å². The fourth-order valence-electron chi connectivity index (χ4n) is 2.54. The number of aromatic nitrogens is 2. The molecule has 0 amide bonds. The summed E-state index contributed by atoms with van der Waals surface area (Å²) < 4.78 is 27.0. The van der Waals surface area contributed by atoms with Gasteiger partial charge in [-0.3, -0.25) is 4.79 Å². The summed E-state index contributed by atoms with van der Waals surface area (Å²) in [5.74, 6) is -1.11. The number of nitrogens with zero attached hydrogens (tertiary/aromatic N) is 1. The van der Waals surface area contributed by atoms with E-state index in [4.69, 9.17) is 0 Å². The number of imidazole rings is 1. The molecule has 1 heterocycles. The molecule has 2 atom stereocenters. The maximum Gasteiger partial charge on any atom is 0.308 e. The number of aryl methyl sites for hydroxylation is 1. The molecule has 0 saturated heterocycles. The molecule has 1 aliphatic carbocycles. The van der Waals surface area contributed by atoms with Crippen molar-refractivity contribution >= 4 is 16.0 Å². The molecular formula is C12H19N3O4S. The van der Waals surface area contributed by atoms with Crippen molar-refractivity contribution in [1.29, 1.82) is 0 Å². The van der Waals surface area contributed by atoms with E-state index in [1.165, 1.54) is 6.20 Å². The Balaban J connectivity index is 2.19. The quantitative estimate of drug-likeness (QED) is 0.719. The Kier molecular flexibility index (Phi) is 4.44. The molecule has 20 heavy (non-hydrogen) atoms. The van der Waals surface area contributed by atoms with Crippen LogP contribution in [0.5, 0.6) is 0 Å². The van der Waals surface area contributed by atoms with E-state index < -0.39 is 28.0 Å². The Morgan fingerprint density at radius 3 is 2.70 bits per heavy atom. The van der Waals surface area contributed by atoms with Crippen LogP contribution in [0.25, 0.3) is 0 Å². The lowest BCUT2D eigenvalue weighted by Gasteiger charge is -2.22. The van der Waals surface area contributed by atoms with Crippen molar-refractivity contribution in [2.75, 3.05) is 0 Å². The van der Waals surface area contributed by atoms with Gasteiger partial charge in [0.05, 0.1) is 12.1 Å². The van der Waals surface area contributed by atoms with Crippen LogP contribution in [0, 0.1) is 12.8 Å². The van der Waals surface area contributed by atoms with Crippen LogP contribution < -0.4 is 4.72 Å². The summed E-state index contributed by atoms with van der Waals surface area (Å²) in [6, 6.07) is -0.566. The molecule has 2 unspecified atom stereocenters. The average molecular weight is 301 g/mol. The number of hydrogen-bond acceptors (Lipinski definition) is 4. The van der Waals surface area contributed by atoms with Crippen LogP contribution >= 0.6 is 0 Å². The lowest BCUT2D eigenvalue weighted by Crippen LogP contribution is -2.42. The minimum atomic E-state index is -3.75. The summed E-state index contributed by atoms with van der Waals surface area (Å²) in [5, 5.41) is 9.23. The van der Waals surface area contributed by atoms with Gasteiger partial charge in [0.2, 0.25) is 0 Å². The lowest BCUT2D eigenvalue weighted by atomic mass is 9.96. The van der Waals surface area contributed by atoms with Gasteiger partial charge >= 0.3 is 5.97 Å². The van der Waals surface area contributed by atoms with Crippen molar-refractivity contribution in [2.45, 2.75) is 50.1 Å². The van der Waals surface area contributed by atoms with Gasteiger partial charge in [0.15, 0.2) is 5.03 Å². The monoisotopic (exact) mass is 301 g/mol. The van der Waals surface area contributed by atoms with Crippen molar-refractivity contribution < 1.29 is 18.3 Å². The van der Waals surface area contributed by atoms with Gasteiger partial charge in [-0.25, -0.2) is 18.1 Å². The number of nitrogens with one attached hydrogen (secondary N) is 2. The number of carboxylic acid groups (broad SMARTS) is 1. The van der Waals surface area contributed by atoms with Crippen LogP contribution in [-0.2, 0) is 14.8 Å². The highest BCUT2D eigenvalue weighted by atomic mass is 32.2. The molecule has 3 N–H and O–H groups in total. The number of rotatable bonds is 4. The maximum absolute atomic E-state index is 12.2. The van der Waals surface area contributed by atoms with E-state index in [1.807, 2.05) is 0 Å². The van der Waals surface area contributed by atoms with Crippen molar-refractivity contribution in [3.63, 3.8) is 0 Å². The Morgan fingerprint density at radius 2 is 2.10 bits per heavy atom. The van der Waals surface area contributed by atoms with E-state index >= 15 is 0 Å². The van der Waals surface area contributed by atoms with E-state index in [9.17, 15) is 18.3 Å². The van der Waals surface area contributed by atoms with Crippen molar-refractivity contribution in [1.82, 2.24) is 14.7 Å². The normalized spacial score (nSPS) is 24.2. The molecule has 0 spiro atoms. The van der Waals surface area contributed by atoms with Gasteiger partial charge < -0.3 is 10.1 Å². The topological polar surface area (TPSA) is 112 Å². The summed E-state index contributed by atoms with van der Waals surface area (Å²) in [7, 11) is -3.75. The van der Waals surface area contributed by atoms with Crippen LogP contribution in [0.15, 0.2) is 11.2 Å². The van der Waals surface area contributed by atoms with E-state index in [0.29, 0.717) is 18.7 Å². The van der Waals surface area contributed by atoms with E-state index in [-0.39, 0.29) is 5.03 Å². The van der Waals surface area contributed by atoms with Gasteiger partial charge in [-0.1, -0.05) is 19.3 Å². The second-order valence-corrected chi connectivity index (χ2v) is 6.83. The zero-order chi connectivity index (χ0) is 14.8. The fourth-order valence-corrected chi connectivity index (χ4v) is 3.82. The number of aliphatic carboxylic acids is 1. The molecule has 1 fully saturated rings. The Morgan fingerprint density at radius 1 is 1.40 bits per heavy atom. The summed E-state index contributed by atoms with van der Waals surface area (Å²) in [4.78, 5) is 17.8. The number of aromatic amines is 1. The van der Waals surface area contributed by atoms with Crippen LogP contribution in [0.3, 0.4) is 0 Å². The molecule has 0 aliphatic heterocycles. The summed E-state index contributed by atoms with van der Waals surface area (Å²) in [5.41, 5.74) is 0. The fraction of sp³-hybridized carbons (Fsp3) is 0.667. The molecule has 1 saturated carbocycles. The molecule has 8 heteroatoms. The summed E-state index contributed by atoms with van der Waals surface area (Å²) in [6.45, 7) is 1.66. The number of carbonyl (C=O) groups is 1. The van der Waals surface area contributed by atoms with Crippen LogP contribution in [0.4, 0.5) is 0 Å². The third-order valence-corrected chi connectivity index (χ3v) is 5.01. The minimum absolute atomic E-state index is 0.0246. The highest BCUT2D eigenvalue weighted by Gasteiger charge is 2.33. The first-order valence-electron chi connectivity index (χ1n) is 6.67. The number of H-pyrrole nitrogens is 1. The van der Waals surface area contributed by atoms with Crippen molar-refractivity contribution in [3.05, 3.63) is 12.0 Å². The van der Waals surface area contributed by atoms with E-state index in [1.54, 1.807) is 6.92 Å². The van der Waals surface area contributed by atoms with Gasteiger partial charge in [-0.2, -0.15) is 0 Å². The summed E-state index contributed by atoms with van der Waals surface area (Å²) >= 11 is 0. The first kappa shape index (κ1) is 15.0. The highest BCUT2D eigenvalue weighted by molar-refractivity contribution is 7.89. The molecular weight excluding hydrogens is 282 g/mol. The Hall–Kier alpha value is -1.41. The molecule has 1 aromatic rings. The molecule has 2 rings (SSSR count). The highest BCUT2D eigenvalue weighted by Crippen LogP contribution is 2.25. The maximum atomic E-state index is 12.2. The number of sulfonamides is 1. The third-order valence-electron chi connectivity index (χ3n) is 3.61. The van der Waals surface area contributed by atoms with Crippen LogP contribution in [0.1, 0.15) is 37.9 Å². The Bertz CT molecular complexity index is 581. The molecule has 1 aromatic heterocycles. The molecule has 0 aromatic carbocycles. The Labute approximate surface area is 117 Å². The first-order valence-corrected chi connectivity index (χ1v) is 8.15. The molecule has 0 bridgehead atoms. The van der Waals surface area contributed by atoms with Gasteiger partial charge in [0, 0.05) is 6.04 Å². The lowest BCUT2D eigenvalue weighted by molar-refractivity contribution is -0.142. The molecule has 1 aliphatic rings. The van der Waals surface area contributed by atoms with Gasteiger partial charge in [0.25, 0.3) is 10.0 Å². The molecule has 0 radical (unpaired) electrons. The SMILES string of the molecule is Cc1ncc(S(=O)(=O)NC2CCCCCC2C(=O)O)[nH]1. The van der Waals surface area contributed by atoms with Crippen LogP contribution in [0.2, 0.25) is 0 Å². The first-order chi connectivity index (χ1) is 9.40. The van der Waals surface area contributed by atoms with Crippen molar-refractivity contribution in [3.8, 4) is 0 Å². The smallest absolute Gasteiger partial charge is 0.308 e. The third kappa shape index (κ3) is 3.37. The largest absolute Gasteiger partial charge is 0.481 e. The van der Waals surface area contributed by atoms with Gasteiger partial charge in [0.1, 0.15) is 5.82 Å². The predicted molar refractivity (Wildman–Crippen MR) is 71.6 cm³/mol. The molecule has 7 nitrogen and oxygen atoms in total. The number of hydrogen-bond donors (Lipinski definition) is 3. The van der Waals surface area contributed by atoms with Gasteiger partial charge in [-0.15, -0.1) is 0 Å². The second-order valence-electron chi connectivity index (χ2n) is 5.14. The van der Waals surface area contributed by atoms with Crippen LogP contribution in [-0.4, -0.2) is 35.5 Å². The minimum Gasteiger partial charge on any atom is -0.481 e. The number of carboxylic acids is 1. The average Bonchev–Trinajstić information content (AvgIpc) is 2.67. The zero-order valence-electron chi connectivity index (χ0n) is 11.3. The second kappa shape index (κ2) is 5.92. The summed E-state index contributed by atoms with van der Waals surface area (Å²) in [6.07, 6.45) is 4.88. The zero-order valence-corrected chi connectivity index (χ0v) is 12.1.